The quantitative estimate of drug-likeness (QED) is 0.632. The summed E-state index contributed by atoms with van der Waals surface area (Å²) < 4.78 is 13.1. The molecule has 4 nitrogen and oxygen atoms in total. The molecule has 2 aliphatic rings. The average Bonchev–Trinajstić information content (AvgIpc) is 3.02. The third-order valence-corrected chi connectivity index (χ3v) is 6.64. The molecule has 1 saturated heterocycles. The minimum Gasteiger partial charge on any atom is -0.366 e. The standard InChI is InChI=1S/C24H26FN3OS/c1-5-28-20-11-6-16(12-19(20)15(2)14-24(28,3)4)13-21-22(29)27-23(30-21)26-18-9-7-17(25)8-10-18/h6-13,15H,5,14H2,1-4H3,(H,26,27,29)/b21-13-. The van der Waals surface area contributed by atoms with Gasteiger partial charge >= 0.3 is 0 Å². The number of fused-ring (bicyclic) bond motifs is 1. The Morgan fingerprint density at radius 2 is 2.00 bits per heavy atom. The molecule has 1 unspecified atom stereocenters. The molecule has 30 heavy (non-hydrogen) atoms. The van der Waals surface area contributed by atoms with Crippen molar-refractivity contribution >= 4 is 40.3 Å². The smallest absolute Gasteiger partial charge is 0.264 e. The van der Waals surface area contributed by atoms with Gasteiger partial charge in [0.2, 0.25) is 0 Å². The summed E-state index contributed by atoms with van der Waals surface area (Å²) in [7, 11) is 0. The number of thioether (sulfide) groups is 1. The molecule has 2 aromatic rings. The zero-order valence-corrected chi connectivity index (χ0v) is 18.5. The summed E-state index contributed by atoms with van der Waals surface area (Å²) in [5, 5.41) is 3.29. The van der Waals surface area contributed by atoms with Crippen molar-refractivity contribution in [2.75, 3.05) is 11.4 Å². The van der Waals surface area contributed by atoms with E-state index in [4.69, 9.17) is 0 Å². The lowest BCUT2D eigenvalue weighted by atomic mass is 9.79. The number of benzene rings is 2. The maximum atomic E-state index is 13.1. The van der Waals surface area contributed by atoms with Crippen molar-refractivity contribution in [1.29, 1.82) is 0 Å². The predicted molar refractivity (Wildman–Crippen MR) is 124 cm³/mol. The summed E-state index contributed by atoms with van der Waals surface area (Å²) in [4.78, 5) is 19.9. The van der Waals surface area contributed by atoms with E-state index >= 15 is 0 Å². The molecule has 0 aliphatic carbocycles. The van der Waals surface area contributed by atoms with Crippen LogP contribution in [0.1, 0.15) is 51.2 Å². The molecule has 1 amide bonds. The maximum absolute atomic E-state index is 13.1. The summed E-state index contributed by atoms with van der Waals surface area (Å²) in [5.74, 6) is -0.0194. The molecule has 0 radical (unpaired) electrons. The van der Waals surface area contributed by atoms with Crippen LogP contribution in [0.2, 0.25) is 0 Å². The van der Waals surface area contributed by atoms with Gasteiger partial charge in [0.25, 0.3) is 5.91 Å². The zero-order valence-electron chi connectivity index (χ0n) is 17.7. The molecule has 4 rings (SSSR count). The predicted octanol–water partition coefficient (Wildman–Crippen LogP) is 5.83. The van der Waals surface area contributed by atoms with E-state index in [1.165, 1.54) is 35.1 Å². The van der Waals surface area contributed by atoms with E-state index in [2.05, 4.69) is 61.1 Å². The van der Waals surface area contributed by atoms with Gasteiger partial charge in [0, 0.05) is 17.8 Å². The minimum atomic E-state index is -0.311. The summed E-state index contributed by atoms with van der Waals surface area (Å²) in [6.45, 7) is 10.0. The highest BCUT2D eigenvalue weighted by atomic mass is 32.2. The third-order valence-electron chi connectivity index (χ3n) is 5.73. The molecule has 0 spiro atoms. The van der Waals surface area contributed by atoms with E-state index in [1.54, 1.807) is 12.1 Å². The second kappa shape index (κ2) is 7.91. The van der Waals surface area contributed by atoms with Crippen LogP contribution in [-0.4, -0.2) is 23.2 Å². The van der Waals surface area contributed by atoms with Gasteiger partial charge in [0.05, 0.1) is 10.6 Å². The number of carbonyl (C=O) groups excluding carboxylic acids is 1. The largest absolute Gasteiger partial charge is 0.366 e. The molecule has 0 saturated carbocycles. The number of carbonyl (C=O) groups is 1. The van der Waals surface area contributed by atoms with Crippen LogP contribution < -0.4 is 10.2 Å². The third kappa shape index (κ3) is 4.01. The van der Waals surface area contributed by atoms with Gasteiger partial charge in [-0.15, -0.1) is 0 Å². The van der Waals surface area contributed by atoms with Crippen LogP contribution in [0.3, 0.4) is 0 Å². The molecule has 2 aliphatic heterocycles. The lowest BCUT2D eigenvalue weighted by Crippen LogP contribution is -2.48. The average molecular weight is 424 g/mol. The first-order valence-corrected chi connectivity index (χ1v) is 11.1. The number of rotatable bonds is 3. The van der Waals surface area contributed by atoms with Gasteiger partial charge in [-0.25, -0.2) is 9.38 Å². The SMILES string of the molecule is CCN1c2ccc(/C=C3\SC(=Nc4ccc(F)cc4)NC3=O)cc2C(C)CC1(C)C. The molecular weight excluding hydrogens is 397 g/mol. The Labute approximate surface area is 181 Å². The molecular formula is C24H26FN3OS. The maximum Gasteiger partial charge on any atom is 0.264 e. The van der Waals surface area contributed by atoms with Gasteiger partial charge in [-0.3, -0.25) is 4.79 Å². The molecule has 156 valence electrons. The van der Waals surface area contributed by atoms with Crippen LogP contribution in [0.4, 0.5) is 15.8 Å². The fourth-order valence-electron chi connectivity index (χ4n) is 4.46. The summed E-state index contributed by atoms with van der Waals surface area (Å²) in [6.07, 6.45) is 3.01. The first kappa shape index (κ1) is 20.7. The summed E-state index contributed by atoms with van der Waals surface area (Å²) in [5.41, 5.74) is 4.36. The van der Waals surface area contributed by atoms with Gasteiger partial charge < -0.3 is 10.2 Å². The molecule has 1 atom stereocenters. The second-order valence-corrected chi connectivity index (χ2v) is 9.47. The Bertz CT molecular complexity index is 1040. The van der Waals surface area contributed by atoms with Crippen molar-refractivity contribution in [3.05, 3.63) is 64.3 Å². The number of amidine groups is 1. The molecule has 2 aromatic carbocycles. The van der Waals surface area contributed by atoms with Gasteiger partial charge in [0.1, 0.15) is 5.82 Å². The van der Waals surface area contributed by atoms with E-state index in [9.17, 15) is 9.18 Å². The molecule has 2 heterocycles. The lowest BCUT2D eigenvalue weighted by molar-refractivity contribution is -0.115. The van der Waals surface area contributed by atoms with Gasteiger partial charge in [-0.1, -0.05) is 13.0 Å². The number of nitrogens with zero attached hydrogens (tertiary/aromatic N) is 2. The monoisotopic (exact) mass is 423 g/mol. The van der Waals surface area contributed by atoms with Crippen molar-refractivity contribution in [2.45, 2.75) is 45.6 Å². The zero-order chi connectivity index (χ0) is 21.5. The number of anilines is 1. The molecule has 6 heteroatoms. The van der Waals surface area contributed by atoms with Gasteiger partial charge in [-0.05, 0) is 98.5 Å². The molecule has 0 bridgehead atoms. The number of hydrogen-bond donors (Lipinski definition) is 1. The number of hydrogen-bond acceptors (Lipinski definition) is 4. The lowest BCUT2D eigenvalue weighted by Gasteiger charge is -2.47. The molecule has 1 fully saturated rings. The highest BCUT2D eigenvalue weighted by molar-refractivity contribution is 8.18. The molecule has 1 N–H and O–H groups in total. The Morgan fingerprint density at radius 3 is 2.70 bits per heavy atom. The van der Waals surface area contributed by atoms with Crippen LogP contribution >= 0.6 is 11.8 Å². The van der Waals surface area contributed by atoms with Crippen molar-refractivity contribution in [2.24, 2.45) is 4.99 Å². The fourth-order valence-corrected chi connectivity index (χ4v) is 5.30. The number of amides is 1. The van der Waals surface area contributed by atoms with Crippen molar-refractivity contribution in [3.63, 3.8) is 0 Å². The topological polar surface area (TPSA) is 44.7 Å². The van der Waals surface area contributed by atoms with E-state index in [1.807, 2.05) is 6.08 Å². The van der Waals surface area contributed by atoms with Crippen LogP contribution in [0.15, 0.2) is 52.4 Å². The van der Waals surface area contributed by atoms with E-state index in [0.717, 1.165) is 18.5 Å². The summed E-state index contributed by atoms with van der Waals surface area (Å²) >= 11 is 1.30. The number of nitrogens with one attached hydrogen (secondary N) is 1. The molecule has 0 aromatic heterocycles. The van der Waals surface area contributed by atoms with Crippen LogP contribution in [0.5, 0.6) is 0 Å². The normalized spacial score (nSPS) is 23.0. The van der Waals surface area contributed by atoms with Gasteiger partial charge in [-0.2, -0.15) is 0 Å². The van der Waals surface area contributed by atoms with Crippen molar-refractivity contribution in [1.82, 2.24) is 5.32 Å². The summed E-state index contributed by atoms with van der Waals surface area (Å²) in [6, 6.07) is 12.3. The second-order valence-electron chi connectivity index (χ2n) is 8.44. The Kier molecular flexibility index (Phi) is 5.45. The van der Waals surface area contributed by atoms with Gasteiger partial charge in [0.15, 0.2) is 5.17 Å². The highest BCUT2D eigenvalue weighted by Crippen LogP contribution is 2.43. The van der Waals surface area contributed by atoms with E-state index < -0.39 is 0 Å². The van der Waals surface area contributed by atoms with Crippen molar-refractivity contribution < 1.29 is 9.18 Å². The fraction of sp³-hybridized carbons (Fsp3) is 0.333. The van der Waals surface area contributed by atoms with Crippen LogP contribution in [0, 0.1) is 5.82 Å². The Balaban J connectivity index is 1.60. The number of halogens is 1. The first-order chi connectivity index (χ1) is 14.3. The Hall–Kier alpha value is -2.60. The Morgan fingerprint density at radius 1 is 1.27 bits per heavy atom. The highest BCUT2D eigenvalue weighted by Gasteiger charge is 2.35. The van der Waals surface area contributed by atoms with Crippen molar-refractivity contribution in [3.8, 4) is 0 Å². The van der Waals surface area contributed by atoms with Crippen LogP contribution in [0.25, 0.3) is 6.08 Å². The van der Waals surface area contributed by atoms with E-state index in [-0.39, 0.29) is 17.3 Å². The number of aliphatic imine (C=N–C) groups is 1. The van der Waals surface area contributed by atoms with E-state index in [0.29, 0.717) is 21.7 Å². The van der Waals surface area contributed by atoms with Crippen LogP contribution in [-0.2, 0) is 4.79 Å². The minimum absolute atomic E-state index is 0.133. The first-order valence-electron chi connectivity index (χ1n) is 10.2.